The molecule has 214 valence electrons. The number of benzene rings is 3. The largest absolute Gasteiger partial charge is 0.492 e. The molecule has 1 aromatic heterocycles. The summed E-state index contributed by atoms with van der Waals surface area (Å²) in [6, 6.07) is 20.5. The normalized spacial score (nSPS) is 14.4. The van der Waals surface area contributed by atoms with Crippen LogP contribution in [-0.4, -0.2) is 29.0 Å². The van der Waals surface area contributed by atoms with Crippen LogP contribution in [0.15, 0.2) is 78.4 Å². The van der Waals surface area contributed by atoms with Gasteiger partial charge >= 0.3 is 6.03 Å². The molecule has 0 spiro atoms. The number of imide groups is 2. The predicted octanol–water partition coefficient (Wildman–Crippen LogP) is 7.05. The lowest BCUT2D eigenvalue weighted by atomic mass is 10.1. The Morgan fingerprint density at radius 1 is 0.905 bits per heavy atom. The third kappa shape index (κ3) is 5.77. The highest BCUT2D eigenvalue weighted by Gasteiger charge is 2.38. The van der Waals surface area contributed by atoms with E-state index >= 15 is 0 Å². The number of carbonyl (C=O) groups is 3. The molecule has 0 bridgehead atoms. The Morgan fingerprint density at radius 2 is 1.64 bits per heavy atom. The molecule has 1 N–H and O–H groups in total. The van der Waals surface area contributed by atoms with Gasteiger partial charge in [-0.05, 0) is 87.0 Å². The number of barbiturate groups is 1. The van der Waals surface area contributed by atoms with Gasteiger partial charge in [0.1, 0.15) is 23.7 Å². The number of anilines is 1. The zero-order valence-electron chi connectivity index (χ0n) is 23.1. The Bertz CT molecular complexity index is 1730. The van der Waals surface area contributed by atoms with Crippen molar-refractivity contribution in [1.29, 1.82) is 0 Å². The summed E-state index contributed by atoms with van der Waals surface area (Å²) in [4.78, 5) is 40.0. The highest BCUT2D eigenvalue weighted by molar-refractivity contribution is 6.39. The number of nitrogens with one attached hydrogen (secondary N) is 1. The van der Waals surface area contributed by atoms with Crippen molar-refractivity contribution in [3.05, 3.63) is 111 Å². The Hall–Kier alpha value is -4.53. The lowest BCUT2D eigenvalue weighted by Gasteiger charge is -2.27. The minimum absolute atomic E-state index is 0.161. The second-order valence-electron chi connectivity index (χ2n) is 9.54. The van der Waals surface area contributed by atoms with Crippen LogP contribution in [0.3, 0.4) is 0 Å². The van der Waals surface area contributed by atoms with E-state index in [-0.39, 0.29) is 11.3 Å². The van der Waals surface area contributed by atoms with Crippen molar-refractivity contribution in [2.75, 3.05) is 11.5 Å². The summed E-state index contributed by atoms with van der Waals surface area (Å²) in [6.07, 6.45) is 1.51. The number of halogens is 2. The fraction of sp³-hybridized carbons (Fsp3) is 0.156. The van der Waals surface area contributed by atoms with Crippen LogP contribution in [0.1, 0.15) is 29.4 Å². The second-order valence-corrected chi connectivity index (χ2v) is 10.4. The van der Waals surface area contributed by atoms with Crippen LogP contribution >= 0.6 is 23.2 Å². The first-order chi connectivity index (χ1) is 20.2. The molecule has 4 amide bonds. The highest BCUT2D eigenvalue weighted by Crippen LogP contribution is 2.32. The van der Waals surface area contributed by atoms with Gasteiger partial charge in [0.25, 0.3) is 11.8 Å². The Morgan fingerprint density at radius 3 is 2.36 bits per heavy atom. The molecule has 2 heterocycles. The van der Waals surface area contributed by atoms with Crippen molar-refractivity contribution >= 4 is 52.8 Å². The number of aromatic nitrogens is 1. The maximum atomic E-state index is 13.5. The van der Waals surface area contributed by atoms with Crippen LogP contribution in [0.4, 0.5) is 10.5 Å². The molecule has 0 radical (unpaired) electrons. The van der Waals surface area contributed by atoms with Gasteiger partial charge in [0, 0.05) is 32.7 Å². The molecule has 3 aromatic carbocycles. The van der Waals surface area contributed by atoms with Gasteiger partial charge < -0.3 is 14.0 Å². The Kier molecular flexibility index (Phi) is 8.38. The molecule has 0 saturated carbocycles. The van der Waals surface area contributed by atoms with Crippen molar-refractivity contribution in [3.63, 3.8) is 0 Å². The van der Waals surface area contributed by atoms with Crippen LogP contribution in [0.2, 0.25) is 10.0 Å². The summed E-state index contributed by atoms with van der Waals surface area (Å²) in [7, 11) is 0. The summed E-state index contributed by atoms with van der Waals surface area (Å²) in [5.41, 5.74) is 4.14. The standard InChI is InChI=1S/C32H27Cl2N3O5/c1-4-41-29-8-6-5-7-28(29)37-31(39)26(30(38)35-32(37)40)16-22-15-19(2)36(20(22)3)24-11-13-25(14-12-24)42-18-21-9-10-23(33)17-27(21)34/h5-17H,4,18H2,1-3H3,(H,35,38,40)/b26-16+. The summed E-state index contributed by atoms with van der Waals surface area (Å²) in [5.74, 6) is -0.472. The monoisotopic (exact) mass is 603 g/mol. The number of ether oxygens (including phenoxy) is 2. The SMILES string of the molecule is CCOc1ccccc1N1C(=O)NC(=O)/C(=C\c2cc(C)n(-c3ccc(OCc4ccc(Cl)cc4Cl)cc3)c2C)C1=O. The van der Waals surface area contributed by atoms with Crippen LogP contribution in [0, 0.1) is 13.8 Å². The van der Waals surface area contributed by atoms with E-state index in [0.717, 1.165) is 27.5 Å². The first-order valence-electron chi connectivity index (χ1n) is 13.2. The zero-order valence-corrected chi connectivity index (χ0v) is 24.6. The molecule has 8 nitrogen and oxygen atoms in total. The maximum Gasteiger partial charge on any atom is 0.336 e. The van der Waals surface area contributed by atoms with E-state index in [1.54, 1.807) is 43.3 Å². The van der Waals surface area contributed by atoms with E-state index in [4.69, 9.17) is 32.7 Å². The fourth-order valence-corrected chi connectivity index (χ4v) is 5.24. The van der Waals surface area contributed by atoms with E-state index in [1.807, 2.05) is 54.8 Å². The number of nitrogens with zero attached hydrogens (tertiary/aromatic N) is 2. The first kappa shape index (κ1) is 29.0. The van der Waals surface area contributed by atoms with E-state index < -0.39 is 17.8 Å². The lowest BCUT2D eigenvalue weighted by molar-refractivity contribution is -0.122. The molecular weight excluding hydrogens is 577 g/mol. The number of para-hydroxylation sites is 2. The molecule has 5 rings (SSSR count). The molecule has 1 aliphatic heterocycles. The number of carbonyl (C=O) groups excluding carboxylic acids is 3. The molecule has 4 aromatic rings. The van der Waals surface area contributed by atoms with E-state index in [2.05, 4.69) is 5.32 Å². The summed E-state index contributed by atoms with van der Waals surface area (Å²) in [6.45, 7) is 6.26. The molecule has 1 fully saturated rings. The summed E-state index contributed by atoms with van der Waals surface area (Å²) < 4.78 is 13.5. The molecule has 0 unspecified atom stereocenters. The topological polar surface area (TPSA) is 89.9 Å². The minimum Gasteiger partial charge on any atom is -0.492 e. The van der Waals surface area contributed by atoms with Crippen LogP contribution in [0.5, 0.6) is 11.5 Å². The number of rotatable bonds is 8. The van der Waals surface area contributed by atoms with Gasteiger partial charge in [0.2, 0.25) is 0 Å². The van der Waals surface area contributed by atoms with Gasteiger partial charge in [-0.15, -0.1) is 0 Å². The average Bonchev–Trinajstić information content (AvgIpc) is 3.24. The van der Waals surface area contributed by atoms with Gasteiger partial charge in [0.05, 0.1) is 12.3 Å². The molecule has 0 aliphatic carbocycles. The molecule has 1 saturated heterocycles. The maximum absolute atomic E-state index is 13.5. The number of hydrogen-bond donors (Lipinski definition) is 1. The van der Waals surface area contributed by atoms with Gasteiger partial charge in [0.15, 0.2) is 0 Å². The highest BCUT2D eigenvalue weighted by atomic mass is 35.5. The summed E-state index contributed by atoms with van der Waals surface area (Å²) in [5, 5.41) is 3.37. The third-order valence-corrected chi connectivity index (χ3v) is 7.37. The minimum atomic E-state index is -0.833. The predicted molar refractivity (Wildman–Crippen MR) is 163 cm³/mol. The van der Waals surface area contributed by atoms with Gasteiger partial charge in [-0.25, -0.2) is 9.69 Å². The van der Waals surface area contributed by atoms with Gasteiger partial charge in [-0.1, -0.05) is 41.4 Å². The molecular formula is C32H27Cl2N3O5. The zero-order chi connectivity index (χ0) is 30.0. The van der Waals surface area contributed by atoms with Crippen molar-refractivity contribution in [2.45, 2.75) is 27.4 Å². The van der Waals surface area contributed by atoms with Gasteiger partial charge in [-0.2, -0.15) is 0 Å². The molecule has 0 atom stereocenters. The number of amides is 4. The van der Waals surface area contributed by atoms with Crippen molar-refractivity contribution in [2.24, 2.45) is 0 Å². The molecule has 42 heavy (non-hydrogen) atoms. The smallest absolute Gasteiger partial charge is 0.336 e. The Balaban J connectivity index is 1.40. The van der Waals surface area contributed by atoms with Gasteiger partial charge in [-0.3, -0.25) is 14.9 Å². The first-order valence-corrected chi connectivity index (χ1v) is 13.9. The van der Waals surface area contributed by atoms with Crippen molar-refractivity contribution in [1.82, 2.24) is 9.88 Å². The lowest BCUT2D eigenvalue weighted by Crippen LogP contribution is -2.54. The van der Waals surface area contributed by atoms with Crippen LogP contribution < -0.4 is 19.7 Å². The number of hydrogen-bond acceptors (Lipinski definition) is 5. The van der Waals surface area contributed by atoms with Crippen molar-refractivity contribution < 1.29 is 23.9 Å². The fourth-order valence-electron chi connectivity index (χ4n) is 4.77. The van der Waals surface area contributed by atoms with Crippen LogP contribution in [0.25, 0.3) is 11.8 Å². The second kappa shape index (κ2) is 12.1. The molecule has 1 aliphatic rings. The van der Waals surface area contributed by atoms with Crippen LogP contribution in [-0.2, 0) is 16.2 Å². The Labute approximate surface area is 253 Å². The van der Waals surface area contributed by atoms with E-state index in [0.29, 0.717) is 40.3 Å². The van der Waals surface area contributed by atoms with Crippen molar-refractivity contribution in [3.8, 4) is 17.2 Å². The molecule has 10 heteroatoms. The number of aryl methyl sites for hydroxylation is 1. The van der Waals surface area contributed by atoms with E-state index in [1.165, 1.54) is 6.08 Å². The summed E-state index contributed by atoms with van der Waals surface area (Å²) >= 11 is 12.2. The van der Waals surface area contributed by atoms with E-state index in [9.17, 15) is 14.4 Å². The number of urea groups is 1. The quantitative estimate of drug-likeness (QED) is 0.172. The average molecular weight is 604 g/mol. The third-order valence-electron chi connectivity index (χ3n) is 6.78.